The summed E-state index contributed by atoms with van der Waals surface area (Å²) >= 11 is 17.6. The normalized spacial score (nSPS) is 13.9. The van der Waals surface area contributed by atoms with E-state index in [1.807, 2.05) is 0 Å². The van der Waals surface area contributed by atoms with E-state index in [2.05, 4.69) is 4.98 Å². The van der Waals surface area contributed by atoms with Crippen molar-refractivity contribution in [1.82, 2.24) is 4.98 Å². The quantitative estimate of drug-likeness (QED) is 0.511. The second kappa shape index (κ2) is 7.02. The largest absolute Gasteiger partial charge is 0.455 e. The molecular weight excluding hydrogens is 395 g/mol. The summed E-state index contributed by atoms with van der Waals surface area (Å²) in [6.45, 7) is 5.84. The van der Waals surface area contributed by atoms with E-state index < -0.39 is 11.6 Å². The molecule has 2 heterocycles. The summed E-state index contributed by atoms with van der Waals surface area (Å²) in [5.74, 6) is 0.0288. The zero-order valence-electron chi connectivity index (χ0n) is 14.4. The summed E-state index contributed by atoms with van der Waals surface area (Å²) in [6.07, 6.45) is 1.55. The zero-order chi connectivity index (χ0) is 19.1. The van der Waals surface area contributed by atoms with Crippen molar-refractivity contribution < 1.29 is 14.3 Å². The molecule has 8 heteroatoms. The van der Waals surface area contributed by atoms with Gasteiger partial charge >= 0.3 is 5.97 Å². The van der Waals surface area contributed by atoms with Gasteiger partial charge in [-0.1, -0.05) is 23.2 Å². The Morgan fingerprint density at radius 1 is 1.31 bits per heavy atom. The van der Waals surface area contributed by atoms with Gasteiger partial charge in [-0.15, -0.1) is 0 Å². The highest BCUT2D eigenvalue weighted by Crippen LogP contribution is 2.37. The van der Waals surface area contributed by atoms with Crippen molar-refractivity contribution in [1.29, 1.82) is 0 Å². The van der Waals surface area contributed by atoms with Gasteiger partial charge in [0.1, 0.15) is 11.3 Å². The highest BCUT2D eigenvalue weighted by molar-refractivity contribution is 7.80. The molecule has 0 fully saturated rings. The summed E-state index contributed by atoms with van der Waals surface area (Å²) in [7, 11) is 0. The van der Waals surface area contributed by atoms with E-state index in [0.717, 1.165) is 5.56 Å². The topological polar surface area (TPSA) is 51.7 Å². The molecule has 2 aromatic rings. The second-order valence-electron chi connectivity index (χ2n) is 6.73. The van der Waals surface area contributed by atoms with E-state index >= 15 is 0 Å². The van der Waals surface area contributed by atoms with Crippen molar-refractivity contribution >= 4 is 52.3 Å². The van der Waals surface area contributed by atoms with Crippen LogP contribution in [-0.2, 0) is 11.3 Å². The first-order valence-corrected chi connectivity index (χ1v) is 8.97. The number of fused-ring (bicyclic) bond motifs is 1. The Balaban J connectivity index is 1.83. The van der Waals surface area contributed by atoms with Crippen molar-refractivity contribution in [2.24, 2.45) is 0 Å². The number of pyridine rings is 1. The standard InChI is InChI=1S/C18H16Cl2N2O3S/c1-18(2,3)25-16(23)14-5-4-12(8-21-14)22-9-10-6-11(19)7-13(20)15(10)24-17(22)26/h4-8H,9H2,1-3H3. The van der Waals surface area contributed by atoms with Crippen LogP contribution in [-0.4, -0.2) is 21.7 Å². The fourth-order valence-corrected chi connectivity index (χ4v) is 3.24. The average molecular weight is 411 g/mol. The molecule has 0 saturated carbocycles. The molecule has 1 aromatic heterocycles. The summed E-state index contributed by atoms with van der Waals surface area (Å²) < 4.78 is 11.0. The molecule has 0 N–H and O–H groups in total. The number of nitrogens with zero attached hydrogens (tertiary/aromatic N) is 2. The van der Waals surface area contributed by atoms with Crippen molar-refractivity contribution in [2.75, 3.05) is 4.90 Å². The van der Waals surface area contributed by atoms with Crippen molar-refractivity contribution in [3.63, 3.8) is 0 Å². The Hall–Kier alpha value is -1.89. The first-order chi connectivity index (χ1) is 12.1. The molecule has 5 nitrogen and oxygen atoms in total. The predicted molar refractivity (Wildman–Crippen MR) is 105 cm³/mol. The Labute approximate surface area is 166 Å². The van der Waals surface area contributed by atoms with Gasteiger partial charge in [0.25, 0.3) is 5.17 Å². The Bertz CT molecular complexity index is 879. The molecule has 0 bridgehead atoms. The Morgan fingerprint density at radius 3 is 2.65 bits per heavy atom. The maximum atomic E-state index is 12.1. The number of rotatable bonds is 2. The summed E-state index contributed by atoms with van der Waals surface area (Å²) in [5, 5.41) is 1.17. The first-order valence-electron chi connectivity index (χ1n) is 7.81. The molecule has 0 aliphatic carbocycles. The number of carbonyl (C=O) groups excluding carboxylic acids is 1. The van der Waals surface area contributed by atoms with Gasteiger partial charge in [-0.2, -0.15) is 0 Å². The lowest BCUT2D eigenvalue weighted by atomic mass is 10.1. The highest BCUT2D eigenvalue weighted by atomic mass is 35.5. The minimum absolute atomic E-state index is 0.221. The van der Waals surface area contributed by atoms with Gasteiger partial charge in [0.2, 0.25) is 0 Å². The number of ether oxygens (including phenoxy) is 2. The van der Waals surface area contributed by atoms with Gasteiger partial charge < -0.3 is 9.47 Å². The van der Waals surface area contributed by atoms with Crippen LogP contribution in [0.4, 0.5) is 5.69 Å². The van der Waals surface area contributed by atoms with Crippen LogP contribution in [0.2, 0.25) is 10.0 Å². The highest BCUT2D eigenvalue weighted by Gasteiger charge is 2.26. The average Bonchev–Trinajstić information content (AvgIpc) is 2.54. The van der Waals surface area contributed by atoms with Crippen LogP contribution >= 0.6 is 35.4 Å². The van der Waals surface area contributed by atoms with Crippen LogP contribution in [0.15, 0.2) is 30.5 Å². The van der Waals surface area contributed by atoms with Gasteiger partial charge in [-0.3, -0.25) is 4.90 Å². The van der Waals surface area contributed by atoms with E-state index in [9.17, 15) is 4.79 Å². The van der Waals surface area contributed by atoms with Crippen LogP contribution in [0.3, 0.4) is 0 Å². The fraction of sp³-hybridized carbons (Fsp3) is 0.278. The number of aromatic nitrogens is 1. The molecule has 0 amide bonds. The van der Waals surface area contributed by atoms with Gasteiger partial charge in [0, 0.05) is 10.6 Å². The smallest absolute Gasteiger partial charge is 0.357 e. The Morgan fingerprint density at radius 2 is 2.04 bits per heavy atom. The molecule has 0 atom stereocenters. The molecule has 0 saturated heterocycles. The monoisotopic (exact) mass is 410 g/mol. The van der Waals surface area contributed by atoms with E-state index in [0.29, 0.717) is 28.0 Å². The third-order valence-corrected chi connectivity index (χ3v) is 4.29. The summed E-state index contributed by atoms with van der Waals surface area (Å²) in [6, 6.07) is 6.71. The lowest BCUT2D eigenvalue weighted by molar-refractivity contribution is 0.00629. The summed E-state index contributed by atoms with van der Waals surface area (Å²) in [4.78, 5) is 18.0. The lowest BCUT2D eigenvalue weighted by Crippen LogP contribution is -2.37. The van der Waals surface area contributed by atoms with Gasteiger partial charge in [0.05, 0.1) is 23.5 Å². The van der Waals surface area contributed by atoms with Crippen LogP contribution in [0.25, 0.3) is 0 Å². The van der Waals surface area contributed by atoms with Crippen LogP contribution in [0.1, 0.15) is 36.8 Å². The predicted octanol–water partition coefficient (Wildman–Crippen LogP) is 5.03. The number of halogens is 2. The molecule has 1 aromatic carbocycles. The molecular formula is C18H16Cl2N2O3S. The van der Waals surface area contributed by atoms with E-state index in [4.69, 9.17) is 44.9 Å². The maximum Gasteiger partial charge on any atom is 0.357 e. The minimum Gasteiger partial charge on any atom is -0.455 e. The van der Waals surface area contributed by atoms with E-state index in [1.54, 1.807) is 56.1 Å². The molecule has 0 spiro atoms. The first kappa shape index (κ1) is 18.9. The number of hydrogen-bond acceptors (Lipinski definition) is 5. The minimum atomic E-state index is -0.581. The van der Waals surface area contributed by atoms with Gasteiger partial charge in [-0.05, 0) is 57.3 Å². The number of esters is 1. The number of hydrogen-bond donors (Lipinski definition) is 0. The fourth-order valence-electron chi connectivity index (χ4n) is 2.42. The number of benzene rings is 1. The lowest BCUT2D eigenvalue weighted by Gasteiger charge is -2.31. The molecule has 3 rings (SSSR count). The van der Waals surface area contributed by atoms with Crippen molar-refractivity contribution in [2.45, 2.75) is 32.9 Å². The number of carbonyl (C=O) groups is 1. The van der Waals surface area contributed by atoms with Gasteiger partial charge in [-0.25, -0.2) is 9.78 Å². The number of anilines is 1. The molecule has 136 valence electrons. The molecule has 0 unspecified atom stereocenters. The second-order valence-corrected chi connectivity index (χ2v) is 7.93. The molecule has 26 heavy (non-hydrogen) atoms. The zero-order valence-corrected chi connectivity index (χ0v) is 16.7. The van der Waals surface area contributed by atoms with Crippen LogP contribution < -0.4 is 9.64 Å². The maximum absolute atomic E-state index is 12.1. The van der Waals surface area contributed by atoms with Crippen molar-refractivity contribution in [3.8, 4) is 5.75 Å². The van der Waals surface area contributed by atoms with Crippen LogP contribution in [0.5, 0.6) is 5.75 Å². The molecule has 1 aliphatic heterocycles. The van der Waals surface area contributed by atoms with Gasteiger partial charge in [0.15, 0.2) is 5.75 Å². The third kappa shape index (κ3) is 4.09. The molecule has 1 aliphatic rings. The molecule has 0 radical (unpaired) electrons. The third-order valence-electron chi connectivity index (χ3n) is 3.49. The van der Waals surface area contributed by atoms with Crippen LogP contribution in [0, 0.1) is 0 Å². The SMILES string of the molecule is CC(C)(C)OC(=O)c1ccc(N2Cc3cc(Cl)cc(Cl)c3OC2=S)cn1. The van der Waals surface area contributed by atoms with E-state index in [-0.39, 0.29) is 10.9 Å². The number of thiocarbonyl (C=S) groups is 1. The Kier molecular flexibility index (Phi) is 5.10. The summed E-state index contributed by atoms with van der Waals surface area (Å²) in [5.41, 5.74) is 1.14. The van der Waals surface area contributed by atoms with E-state index in [1.165, 1.54) is 0 Å². The van der Waals surface area contributed by atoms with Crippen molar-refractivity contribution in [3.05, 3.63) is 51.8 Å².